The van der Waals surface area contributed by atoms with Crippen LogP contribution >= 0.6 is 19.8 Å². The lowest BCUT2D eigenvalue weighted by Gasteiger charge is -2.30. The topological polar surface area (TPSA) is 59.9 Å². The van der Waals surface area contributed by atoms with Gasteiger partial charge in [0.1, 0.15) is 6.29 Å². The first-order valence-corrected chi connectivity index (χ1v) is 14.2. The average Bonchev–Trinajstić information content (AvgIpc) is 1.96. The molecule has 0 saturated heterocycles. The van der Waals surface area contributed by atoms with Crippen LogP contribution in [0.3, 0.4) is 0 Å². The predicted molar refractivity (Wildman–Crippen MR) is 79.5 cm³/mol. The minimum Gasteiger partial charge on any atom is -0.350 e. The van der Waals surface area contributed by atoms with Crippen LogP contribution in [-0.4, -0.2) is 28.1 Å². The van der Waals surface area contributed by atoms with Crippen molar-refractivity contribution in [1.29, 1.82) is 0 Å². The van der Waals surface area contributed by atoms with Gasteiger partial charge in [-0.3, -0.25) is 9.99 Å². The molecule has 1 N–H and O–H groups in total. The average molecular weight is 312 g/mol. The predicted octanol–water partition coefficient (Wildman–Crippen LogP) is 3.45. The summed E-state index contributed by atoms with van der Waals surface area (Å²) in [5.41, 5.74) is 2.56. The molecule has 0 radical (unpaired) electrons. The molecule has 0 atom stereocenters. The number of nitrogens with zero attached hydrogens (tertiary/aromatic N) is 1. The molecule has 100 valence electrons. The SMILES string of the molecule is C[Si](C)(C)OP(=O)(CNN=C=S)O[Si](C)(C)C. The third kappa shape index (κ3) is 9.85. The van der Waals surface area contributed by atoms with Crippen LogP contribution in [-0.2, 0) is 13.0 Å². The van der Waals surface area contributed by atoms with Gasteiger partial charge >= 0.3 is 7.60 Å². The molecule has 5 nitrogen and oxygen atoms in total. The van der Waals surface area contributed by atoms with Crippen LogP contribution in [0.25, 0.3) is 0 Å². The third-order valence-electron chi connectivity index (χ3n) is 1.21. The smallest absolute Gasteiger partial charge is 0.332 e. The number of rotatable bonds is 7. The highest BCUT2D eigenvalue weighted by atomic mass is 32.1. The van der Waals surface area contributed by atoms with Crippen molar-refractivity contribution >= 4 is 41.6 Å². The fourth-order valence-electron chi connectivity index (χ4n) is 1.07. The molecule has 0 aromatic rings. The lowest BCUT2D eigenvalue weighted by Crippen LogP contribution is -2.32. The Bertz CT molecular complexity index is 328. The highest BCUT2D eigenvalue weighted by Crippen LogP contribution is 2.51. The van der Waals surface area contributed by atoms with Gasteiger partial charge in [0, 0.05) is 0 Å². The number of isothiocyanates is 1. The summed E-state index contributed by atoms with van der Waals surface area (Å²) in [4.78, 5) is 0. The molecule has 0 heterocycles. The minimum absolute atomic E-state index is 0.0329. The molecule has 0 aromatic carbocycles. The van der Waals surface area contributed by atoms with Crippen molar-refractivity contribution in [2.75, 3.05) is 6.29 Å². The summed E-state index contributed by atoms with van der Waals surface area (Å²) in [6.07, 6.45) is 0.0329. The monoisotopic (exact) mass is 312 g/mol. The first-order valence-electron chi connectivity index (χ1n) is 5.28. The van der Waals surface area contributed by atoms with Crippen LogP contribution in [0.5, 0.6) is 0 Å². The first-order chi connectivity index (χ1) is 7.47. The largest absolute Gasteiger partial charge is 0.350 e. The van der Waals surface area contributed by atoms with Gasteiger partial charge in [0.2, 0.25) is 0 Å². The molecule has 0 aliphatic rings. The lowest BCUT2D eigenvalue weighted by molar-refractivity contribution is 0.378. The second-order valence-corrected chi connectivity index (χ2v) is 17.2. The Morgan fingerprint density at radius 3 is 1.88 bits per heavy atom. The van der Waals surface area contributed by atoms with Gasteiger partial charge in [-0.1, -0.05) is 0 Å². The van der Waals surface area contributed by atoms with Crippen LogP contribution in [0.2, 0.25) is 39.3 Å². The molecule has 0 aliphatic heterocycles. The van der Waals surface area contributed by atoms with E-state index < -0.39 is 24.2 Å². The first kappa shape index (κ1) is 17.2. The molecule has 0 aliphatic carbocycles. The van der Waals surface area contributed by atoms with Gasteiger partial charge in [-0.2, -0.15) is 0 Å². The van der Waals surface area contributed by atoms with Gasteiger partial charge in [0.15, 0.2) is 16.6 Å². The Morgan fingerprint density at radius 2 is 1.59 bits per heavy atom. The molecule has 0 rings (SSSR count). The Hall–Kier alpha value is 0.184. The molecule has 17 heavy (non-hydrogen) atoms. The summed E-state index contributed by atoms with van der Waals surface area (Å²) in [5, 5.41) is 5.68. The Labute approximate surface area is 111 Å². The number of hydrogen-bond donors (Lipinski definition) is 1. The van der Waals surface area contributed by atoms with Crippen LogP contribution in [0, 0.1) is 0 Å². The molecular weight excluding hydrogens is 291 g/mol. The highest BCUT2D eigenvalue weighted by molar-refractivity contribution is 7.78. The van der Waals surface area contributed by atoms with Crippen molar-refractivity contribution in [1.82, 2.24) is 5.43 Å². The molecule has 0 spiro atoms. The van der Waals surface area contributed by atoms with Gasteiger partial charge in [-0.05, 0) is 51.5 Å². The lowest BCUT2D eigenvalue weighted by atomic mass is 11.4. The standard InChI is InChI=1S/C8H21N2O3PSSi2/c1-16(2,3)12-14(11,7-9-10-8-15)13-17(4,5)6/h9H,7H2,1-6H3. The van der Waals surface area contributed by atoms with Crippen LogP contribution in [0.4, 0.5) is 0 Å². The number of hydrogen-bond acceptors (Lipinski definition) is 6. The fraction of sp³-hybridized carbons (Fsp3) is 0.875. The van der Waals surface area contributed by atoms with Crippen molar-refractivity contribution in [3.63, 3.8) is 0 Å². The second kappa shape index (κ2) is 6.38. The van der Waals surface area contributed by atoms with Crippen molar-refractivity contribution < 1.29 is 13.0 Å². The Morgan fingerprint density at radius 1 is 1.18 bits per heavy atom. The summed E-state index contributed by atoms with van der Waals surface area (Å²) < 4.78 is 23.9. The van der Waals surface area contributed by atoms with Gasteiger partial charge in [-0.15, -0.1) is 5.10 Å². The van der Waals surface area contributed by atoms with E-state index in [1.54, 1.807) is 0 Å². The molecule has 0 bridgehead atoms. The van der Waals surface area contributed by atoms with E-state index in [4.69, 9.17) is 8.43 Å². The van der Waals surface area contributed by atoms with Crippen molar-refractivity contribution in [3.8, 4) is 0 Å². The Balaban J connectivity index is 4.81. The van der Waals surface area contributed by atoms with Gasteiger partial charge < -0.3 is 8.43 Å². The van der Waals surface area contributed by atoms with E-state index >= 15 is 0 Å². The number of thiocarbonyl (C=S) groups is 1. The Kier molecular flexibility index (Phi) is 6.45. The molecule has 0 saturated carbocycles. The summed E-state index contributed by atoms with van der Waals surface area (Å²) >= 11 is 4.43. The normalized spacial score (nSPS) is 13.1. The quantitative estimate of drug-likeness (QED) is 0.256. The van der Waals surface area contributed by atoms with Crippen molar-refractivity contribution in [3.05, 3.63) is 0 Å². The van der Waals surface area contributed by atoms with E-state index in [1.807, 2.05) is 39.3 Å². The maximum atomic E-state index is 12.6. The molecule has 0 aromatic heterocycles. The van der Waals surface area contributed by atoms with E-state index in [1.165, 1.54) is 0 Å². The zero-order chi connectivity index (χ0) is 13.7. The van der Waals surface area contributed by atoms with Crippen molar-refractivity contribution in [2.45, 2.75) is 39.3 Å². The molecule has 0 fully saturated rings. The van der Waals surface area contributed by atoms with Gasteiger partial charge in [-0.25, -0.2) is 0 Å². The van der Waals surface area contributed by atoms with E-state index in [2.05, 4.69) is 27.9 Å². The summed E-state index contributed by atoms with van der Waals surface area (Å²) in [5.74, 6) is 0. The summed E-state index contributed by atoms with van der Waals surface area (Å²) in [7, 11) is -7.05. The van der Waals surface area contributed by atoms with E-state index in [-0.39, 0.29) is 6.29 Å². The minimum atomic E-state index is -3.16. The second-order valence-electron chi connectivity index (χ2n) is 5.54. The maximum absolute atomic E-state index is 12.6. The molecule has 0 unspecified atom stereocenters. The third-order valence-corrected chi connectivity index (χ3v) is 8.44. The van der Waals surface area contributed by atoms with E-state index in [0.717, 1.165) is 0 Å². The van der Waals surface area contributed by atoms with E-state index in [0.29, 0.717) is 0 Å². The van der Waals surface area contributed by atoms with Gasteiger partial charge in [0.05, 0.1) is 5.16 Å². The number of hydrazone groups is 1. The molecular formula is C8H21N2O3PSSi2. The zero-order valence-corrected chi connectivity index (χ0v) is 14.9. The van der Waals surface area contributed by atoms with Crippen molar-refractivity contribution in [2.24, 2.45) is 5.10 Å². The van der Waals surface area contributed by atoms with Crippen LogP contribution in [0.15, 0.2) is 5.10 Å². The maximum Gasteiger partial charge on any atom is 0.332 e. The van der Waals surface area contributed by atoms with Crippen LogP contribution in [0.1, 0.15) is 0 Å². The molecule has 9 heteroatoms. The summed E-state index contributed by atoms with van der Waals surface area (Å²) in [6.45, 7) is 11.8. The number of nitrogens with one attached hydrogen (secondary N) is 1. The highest BCUT2D eigenvalue weighted by Gasteiger charge is 2.36. The van der Waals surface area contributed by atoms with Gasteiger partial charge in [0.25, 0.3) is 0 Å². The van der Waals surface area contributed by atoms with E-state index in [9.17, 15) is 4.57 Å². The van der Waals surface area contributed by atoms with Crippen LogP contribution < -0.4 is 5.43 Å². The summed E-state index contributed by atoms with van der Waals surface area (Å²) in [6, 6.07) is 0. The zero-order valence-electron chi connectivity index (χ0n) is 11.2. The fourth-order valence-corrected chi connectivity index (χ4v) is 9.06. The molecule has 0 amide bonds.